The number of sulfonamides is 1. The van der Waals surface area contributed by atoms with Gasteiger partial charge in [0.2, 0.25) is 10.0 Å². The zero-order valence-corrected chi connectivity index (χ0v) is 11.8. The Kier molecular flexibility index (Phi) is 6.07. The minimum atomic E-state index is -3.41. The van der Waals surface area contributed by atoms with Crippen LogP contribution in [0.15, 0.2) is 23.2 Å². The minimum Gasteiger partial charge on any atom is -0.373 e. The lowest BCUT2D eigenvalue weighted by Gasteiger charge is -2.07. The lowest BCUT2D eigenvalue weighted by molar-refractivity contribution is 0.573. The van der Waals surface area contributed by atoms with Crippen LogP contribution in [-0.2, 0) is 10.0 Å². The van der Waals surface area contributed by atoms with Crippen molar-refractivity contribution >= 4 is 15.8 Å². The van der Waals surface area contributed by atoms with Crippen LogP contribution in [0.3, 0.4) is 0 Å². The predicted molar refractivity (Wildman–Crippen MR) is 73.1 cm³/mol. The number of hydrogen-bond acceptors (Lipinski definition) is 4. The van der Waals surface area contributed by atoms with Crippen molar-refractivity contribution in [3.8, 4) is 0 Å². The third-order valence-electron chi connectivity index (χ3n) is 2.62. The Balaban J connectivity index is 2.57. The van der Waals surface area contributed by atoms with Crippen molar-refractivity contribution in [3.05, 3.63) is 18.3 Å². The molecule has 0 spiro atoms. The van der Waals surface area contributed by atoms with Gasteiger partial charge in [-0.15, -0.1) is 0 Å². The van der Waals surface area contributed by atoms with Gasteiger partial charge >= 0.3 is 0 Å². The standard InChI is InChI=1S/C12H21N3O2S/c1-3-4-5-6-8-15-18(16,17)11-7-9-14-12(10-11)13-2/h7,9-10,15H,3-6,8H2,1-2H3,(H,13,14). The second-order valence-electron chi connectivity index (χ2n) is 4.09. The molecule has 1 rings (SSSR count). The molecular formula is C12H21N3O2S. The van der Waals surface area contributed by atoms with E-state index in [9.17, 15) is 8.42 Å². The number of hydrogen-bond donors (Lipinski definition) is 2. The van der Waals surface area contributed by atoms with E-state index in [0.717, 1.165) is 25.7 Å². The van der Waals surface area contributed by atoms with Crippen LogP contribution in [0, 0.1) is 0 Å². The molecule has 0 radical (unpaired) electrons. The van der Waals surface area contributed by atoms with Crippen LogP contribution in [-0.4, -0.2) is 27.0 Å². The lowest BCUT2D eigenvalue weighted by Crippen LogP contribution is -2.24. The molecule has 0 unspecified atom stereocenters. The average Bonchev–Trinajstić information content (AvgIpc) is 2.38. The van der Waals surface area contributed by atoms with Crippen LogP contribution in [0.5, 0.6) is 0 Å². The quantitative estimate of drug-likeness (QED) is 0.709. The largest absolute Gasteiger partial charge is 0.373 e. The SMILES string of the molecule is CCCCCCNS(=O)(=O)c1ccnc(NC)c1. The minimum absolute atomic E-state index is 0.248. The van der Waals surface area contributed by atoms with Gasteiger partial charge in [0.15, 0.2) is 0 Å². The van der Waals surface area contributed by atoms with E-state index in [1.165, 1.54) is 18.3 Å². The fourth-order valence-electron chi connectivity index (χ4n) is 1.56. The van der Waals surface area contributed by atoms with E-state index >= 15 is 0 Å². The number of aromatic nitrogens is 1. The third kappa shape index (κ3) is 4.62. The smallest absolute Gasteiger partial charge is 0.240 e. The number of unbranched alkanes of at least 4 members (excludes halogenated alkanes) is 3. The van der Waals surface area contributed by atoms with E-state index in [4.69, 9.17) is 0 Å². The Morgan fingerprint density at radius 1 is 1.28 bits per heavy atom. The van der Waals surface area contributed by atoms with Gasteiger partial charge in [-0.05, 0) is 12.5 Å². The van der Waals surface area contributed by atoms with E-state index in [2.05, 4.69) is 21.9 Å². The summed E-state index contributed by atoms with van der Waals surface area (Å²) in [6.07, 6.45) is 5.69. The molecule has 0 fully saturated rings. The molecule has 1 aromatic heterocycles. The number of rotatable bonds is 8. The molecule has 1 aromatic rings. The molecule has 5 nitrogen and oxygen atoms in total. The highest BCUT2D eigenvalue weighted by molar-refractivity contribution is 7.89. The highest BCUT2D eigenvalue weighted by atomic mass is 32.2. The Morgan fingerprint density at radius 3 is 2.72 bits per heavy atom. The number of nitrogens with one attached hydrogen (secondary N) is 2. The van der Waals surface area contributed by atoms with Gasteiger partial charge in [-0.25, -0.2) is 18.1 Å². The average molecular weight is 271 g/mol. The van der Waals surface area contributed by atoms with Gasteiger partial charge in [0.05, 0.1) is 4.90 Å². The summed E-state index contributed by atoms with van der Waals surface area (Å²) in [5.74, 6) is 0.545. The van der Waals surface area contributed by atoms with Crippen molar-refractivity contribution in [3.63, 3.8) is 0 Å². The van der Waals surface area contributed by atoms with Crippen molar-refractivity contribution in [2.45, 2.75) is 37.5 Å². The first kappa shape index (κ1) is 14.9. The first-order chi connectivity index (χ1) is 8.60. The van der Waals surface area contributed by atoms with Gasteiger partial charge in [0.25, 0.3) is 0 Å². The summed E-state index contributed by atoms with van der Waals surface area (Å²) in [7, 11) is -1.70. The fourth-order valence-corrected chi connectivity index (χ4v) is 2.64. The molecule has 1 heterocycles. The van der Waals surface area contributed by atoms with E-state index in [0.29, 0.717) is 12.4 Å². The zero-order valence-electron chi connectivity index (χ0n) is 10.9. The lowest BCUT2D eigenvalue weighted by atomic mass is 10.2. The highest BCUT2D eigenvalue weighted by Crippen LogP contribution is 2.12. The topological polar surface area (TPSA) is 71.1 Å². The normalized spacial score (nSPS) is 11.4. The summed E-state index contributed by atoms with van der Waals surface area (Å²) in [4.78, 5) is 4.24. The summed E-state index contributed by atoms with van der Waals surface area (Å²) in [6.45, 7) is 2.61. The molecule has 0 saturated heterocycles. The third-order valence-corrected chi connectivity index (χ3v) is 4.08. The molecule has 0 atom stereocenters. The summed E-state index contributed by atoms with van der Waals surface area (Å²) in [5.41, 5.74) is 0. The summed E-state index contributed by atoms with van der Waals surface area (Å²) in [5, 5.41) is 2.82. The molecule has 0 aliphatic heterocycles. The van der Waals surface area contributed by atoms with Crippen molar-refractivity contribution in [2.75, 3.05) is 18.9 Å². The molecule has 102 valence electrons. The maximum atomic E-state index is 12.0. The van der Waals surface area contributed by atoms with Crippen LogP contribution in [0.4, 0.5) is 5.82 Å². The Morgan fingerprint density at radius 2 is 2.06 bits per heavy atom. The molecule has 2 N–H and O–H groups in total. The molecule has 0 aromatic carbocycles. The summed E-state index contributed by atoms with van der Waals surface area (Å²) >= 11 is 0. The van der Waals surface area contributed by atoms with Crippen LogP contribution >= 0.6 is 0 Å². The number of nitrogens with zero attached hydrogens (tertiary/aromatic N) is 1. The van der Waals surface area contributed by atoms with Gasteiger partial charge < -0.3 is 5.32 Å². The second kappa shape index (κ2) is 7.33. The van der Waals surface area contributed by atoms with Gasteiger partial charge in [-0.2, -0.15) is 0 Å². The van der Waals surface area contributed by atoms with Crippen LogP contribution in [0.2, 0.25) is 0 Å². The zero-order chi connectivity index (χ0) is 13.4. The van der Waals surface area contributed by atoms with Crippen molar-refractivity contribution < 1.29 is 8.42 Å². The number of anilines is 1. The highest BCUT2D eigenvalue weighted by Gasteiger charge is 2.13. The predicted octanol–water partition coefficient (Wildman–Crippen LogP) is 1.98. The van der Waals surface area contributed by atoms with Crippen molar-refractivity contribution in [1.29, 1.82) is 0 Å². The number of pyridine rings is 1. The van der Waals surface area contributed by atoms with Crippen molar-refractivity contribution in [2.24, 2.45) is 0 Å². The maximum absolute atomic E-state index is 12.0. The van der Waals surface area contributed by atoms with Crippen molar-refractivity contribution in [1.82, 2.24) is 9.71 Å². The summed E-state index contributed by atoms with van der Waals surface area (Å²) < 4.78 is 26.5. The molecule has 0 saturated carbocycles. The van der Waals surface area contributed by atoms with Gasteiger partial charge in [-0.3, -0.25) is 0 Å². The van der Waals surface area contributed by atoms with Gasteiger partial charge in [0.1, 0.15) is 5.82 Å². The Bertz CT molecular complexity index is 460. The van der Waals surface area contributed by atoms with Crippen LogP contribution in [0.1, 0.15) is 32.6 Å². The van der Waals surface area contributed by atoms with Gasteiger partial charge in [-0.1, -0.05) is 26.2 Å². The first-order valence-electron chi connectivity index (χ1n) is 6.23. The molecule has 0 aliphatic rings. The second-order valence-corrected chi connectivity index (χ2v) is 5.85. The maximum Gasteiger partial charge on any atom is 0.240 e. The van der Waals surface area contributed by atoms with Gasteiger partial charge in [0, 0.05) is 25.9 Å². The molecular weight excluding hydrogens is 250 g/mol. The molecule has 0 amide bonds. The van der Waals surface area contributed by atoms with E-state index in [1.54, 1.807) is 7.05 Å². The monoisotopic (exact) mass is 271 g/mol. The Hall–Kier alpha value is -1.14. The molecule has 0 bridgehead atoms. The van der Waals surface area contributed by atoms with E-state index < -0.39 is 10.0 Å². The van der Waals surface area contributed by atoms with Crippen LogP contribution in [0.25, 0.3) is 0 Å². The van der Waals surface area contributed by atoms with E-state index in [1.807, 2.05) is 0 Å². The summed E-state index contributed by atoms with van der Waals surface area (Å²) in [6, 6.07) is 3.02. The first-order valence-corrected chi connectivity index (χ1v) is 7.72. The molecule has 18 heavy (non-hydrogen) atoms. The molecule has 6 heteroatoms. The van der Waals surface area contributed by atoms with E-state index in [-0.39, 0.29) is 4.90 Å². The molecule has 0 aliphatic carbocycles. The van der Waals surface area contributed by atoms with Crippen LogP contribution < -0.4 is 10.0 Å². The fraction of sp³-hybridized carbons (Fsp3) is 0.583. The Labute approximate surface area is 109 Å².